The summed E-state index contributed by atoms with van der Waals surface area (Å²) >= 11 is 0. The van der Waals surface area contributed by atoms with Crippen LogP contribution in [0.25, 0.3) is 0 Å². The highest BCUT2D eigenvalue weighted by atomic mass is 16.5. The molecule has 1 amide bonds. The van der Waals surface area contributed by atoms with Gasteiger partial charge >= 0.3 is 0 Å². The zero-order chi connectivity index (χ0) is 22.3. The van der Waals surface area contributed by atoms with Crippen molar-refractivity contribution in [1.82, 2.24) is 15.4 Å². The van der Waals surface area contributed by atoms with Crippen LogP contribution in [0, 0.1) is 13.8 Å². The summed E-state index contributed by atoms with van der Waals surface area (Å²) in [5, 5.41) is 6.92. The van der Waals surface area contributed by atoms with E-state index < -0.39 is 0 Å². The van der Waals surface area contributed by atoms with Crippen molar-refractivity contribution in [3.63, 3.8) is 0 Å². The number of benzene rings is 2. The number of rotatable bonds is 8. The molecule has 4 rings (SSSR count). The summed E-state index contributed by atoms with van der Waals surface area (Å²) in [4.78, 5) is 14.9. The molecule has 7 nitrogen and oxygen atoms in total. The van der Waals surface area contributed by atoms with Gasteiger partial charge in [-0.15, -0.1) is 0 Å². The minimum Gasteiger partial charge on any atom is -0.489 e. The molecule has 0 spiro atoms. The molecule has 1 aliphatic heterocycles. The van der Waals surface area contributed by atoms with Crippen LogP contribution in [-0.2, 0) is 17.9 Å². The fourth-order valence-electron chi connectivity index (χ4n) is 3.76. The molecule has 0 saturated carbocycles. The van der Waals surface area contributed by atoms with Crippen molar-refractivity contribution in [3.05, 3.63) is 82.7 Å². The monoisotopic (exact) mass is 435 g/mol. The van der Waals surface area contributed by atoms with Gasteiger partial charge < -0.3 is 19.3 Å². The Morgan fingerprint density at radius 1 is 1.16 bits per heavy atom. The number of morpholine rings is 1. The molecule has 0 bridgehead atoms. The molecule has 0 radical (unpaired) electrons. The van der Waals surface area contributed by atoms with E-state index in [1.807, 2.05) is 19.9 Å². The van der Waals surface area contributed by atoms with Crippen LogP contribution in [0.5, 0.6) is 5.75 Å². The van der Waals surface area contributed by atoms with E-state index in [0.717, 1.165) is 36.7 Å². The second kappa shape index (κ2) is 10.4. The number of hydrogen-bond acceptors (Lipinski definition) is 6. The van der Waals surface area contributed by atoms with Gasteiger partial charge in [0.1, 0.15) is 18.1 Å². The highest BCUT2D eigenvalue weighted by molar-refractivity contribution is 5.94. The molecule has 1 saturated heterocycles. The van der Waals surface area contributed by atoms with Crippen LogP contribution in [0.4, 0.5) is 0 Å². The highest BCUT2D eigenvalue weighted by Crippen LogP contribution is 2.18. The average molecular weight is 436 g/mol. The lowest BCUT2D eigenvalue weighted by Crippen LogP contribution is -2.47. The molecule has 7 heteroatoms. The third kappa shape index (κ3) is 5.75. The van der Waals surface area contributed by atoms with Crippen LogP contribution in [0.1, 0.15) is 32.9 Å². The van der Waals surface area contributed by atoms with Crippen molar-refractivity contribution in [1.29, 1.82) is 0 Å². The Hall–Kier alpha value is -3.16. The number of nitrogens with zero attached hydrogens (tertiary/aromatic N) is 2. The maximum Gasteiger partial charge on any atom is 0.251 e. The molecule has 1 fully saturated rings. The van der Waals surface area contributed by atoms with Crippen molar-refractivity contribution >= 4 is 5.91 Å². The van der Waals surface area contributed by atoms with Crippen molar-refractivity contribution in [2.45, 2.75) is 33.1 Å². The number of hydrogen-bond donors (Lipinski definition) is 1. The minimum absolute atomic E-state index is 0.0194. The number of amides is 1. The zero-order valence-corrected chi connectivity index (χ0v) is 18.5. The number of aryl methyl sites for hydroxylation is 2. The molecule has 1 unspecified atom stereocenters. The molecule has 3 aromatic rings. The van der Waals surface area contributed by atoms with Crippen molar-refractivity contribution in [2.75, 3.05) is 26.2 Å². The van der Waals surface area contributed by atoms with E-state index in [4.69, 9.17) is 14.0 Å². The Labute approximate surface area is 188 Å². The first-order valence-electron chi connectivity index (χ1n) is 10.9. The highest BCUT2D eigenvalue weighted by Gasteiger charge is 2.21. The van der Waals surface area contributed by atoms with E-state index in [1.165, 1.54) is 5.56 Å². The Morgan fingerprint density at radius 3 is 2.66 bits per heavy atom. The molecule has 1 N–H and O–H groups in total. The van der Waals surface area contributed by atoms with Gasteiger partial charge in [-0.25, -0.2) is 0 Å². The minimum atomic E-state index is -0.119. The van der Waals surface area contributed by atoms with Crippen LogP contribution in [0.2, 0.25) is 0 Å². The summed E-state index contributed by atoms with van der Waals surface area (Å²) < 4.78 is 16.8. The van der Waals surface area contributed by atoms with Gasteiger partial charge in [0, 0.05) is 31.7 Å². The lowest BCUT2D eigenvalue weighted by Gasteiger charge is -2.33. The summed E-state index contributed by atoms with van der Waals surface area (Å²) in [5.41, 5.74) is 3.65. The van der Waals surface area contributed by atoms with Gasteiger partial charge in [-0.2, -0.15) is 0 Å². The van der Waals surface area contributed by atoms with Crippen molar-refractivity contribution in [3.8, 4) is 5.75 Å². The number of aromatic nitrogens is 1. The number of carbonyl (C=O) groups is 1. The molecule has 32 heavy (non-hydrogen) atoms. The van der Waals surface area contributed by atoms with Crippen LogP contribution in [0.15, 0.2) is 59.1 Å². The van der Waals surface area contributed by atoms with E-state index in [-0.39, 0.29) is 12.0 Å². The van der Waals surface area contributed by atoms with Gasteiger partial charge in [-0.1, -0.05) is 35.5 Å². The molecular weight excluding hydrogens is 406 g/mol. The third-order valence-electron chi connectivity index (χ3n) is 5.64. The molecule has 2 heterocycles. The molecule has 168 valence electrons. The van der Waals surface area contributed by atoms with E-state index in [2.05, 4.69) is 39.6 Å². The van der Waals surface area contributed by atoms with Crippen molar-refractivity contribution in [2.24, 2.45) is 0 Å². The van der Waals surface area contributed by atoms with Gasteiger partial charge in [0.25, 0.3) is 5.91 Å². The van der Waals surface area contributed by atoms with Gasteiger partial charge in [0.2, 0.25) is 0 Å². The molecule has 0 aliphatic carbocycles. The first-order valence-corrected chi connectivity index (χ1v) is 10.9. The second-order valence-electron chi connectivity index (χ2n) is 8.04. The van der Waals surface area contributed by atoms with Gasteiger partial charge in [0.15, 0.2) is 0 Å². The predicted octanol–water partition coefficient (Wildman–Crippen LogP) is 3.50. The summed E-state index contributed by atoms with van der Waals surface area (Å²) in [6, 6.07) is 17.5. The quantitative estimate of drug-likeness (QED) is 0.584. The summed E-state index contributed by atoms with van der Waals surface area (Å²) in [5.74, 6) is 1.32. The van der Waals surface area contributed by atoms with Gasteiger partial charge in [-0.3, -0.25) is 9.69 Å². The molecule has 1 aromatic heterocycles. The standard InChI is InChI=1S/C25H29N3O4/c1-18-24(19(2)32-27-18)17-31-22-10-8-21(9-11-22)25(29)26-14-23-16-28(12-13-30-23)15-20-6-4-3-5-7-20/h3-11,23H,12-17H2,1-2H3,(H,26,29). The first-order chi connectivity index (χ1) is 15.6. The Bertz CT molecular complexity index is 998. The number of nitrogens with one attached hydrogen (secondary N) is 1. The number of carbonyl (C=O) groups excluding carboxylic acids is 1. The lowest BCUT2D eigenvalue weighted by atomic mass is 10.1. The zero-order valence-electron chi connectivity index (χ0n) is 18.5. The Kier molecular flexibility index (Phi) is 7.19. The summed E-state index contributed by atoms with van der Waals surface area (Å²) in [7, 11) is 0. The Balaban J connectivity index is 1.24. The smallest absolute Gasteiger partial charge is 0.251 e. The largest absolute Gasteiger partial charge is 0.489 e. The van der Waals surface area contributed by atoms with E-state index in [1.54, 1.807) is 24.3 Å². The fraction of sp³-hybridized carbons (Fsp3) is 0.360. The fourth-order valence-corrected chi connectivity index (χ4v) is 3.76. The maximum absolute atomic E-state index is 12.6. The maximum atomic E-state index is 12.6. The number of ether oxygens (including phenoxy) is 2. The Morgan fingerprint density at radius 2 is 1.94 bits per heavy atom. The van der Waals surface area contributed by atoms with Gasteiger partial charge in [0.05, 0.1) is 24.0 Å². The SMILES string of the molecule is Cc1noc(C)c1COc1ccc(C(=O)NCC2CN(Cc3ccccc3)CCO2)cc1. The molecular formula is C25H29N3O4. The average Bonchev–Trinajstić information content (AvgIpc) is 3.14. The van der Waals surface area contributed by atoms with Crippen LogP contribution < -0.4 is 10.1 Å². The van der Waals surface area contributed by atoms with Crippen molar-refractivity contribution < 1.29 is 18.8 Å². The third-order valence-corrected chi connectivity index (χ3v) is 5.64. The van der Waals surface area contributed by atoms with Gasteiger partial charge in [-0.05, 0) is 43.7 Å². The predicted molar refractivity (Wildman–Crippen MR) is 121 cm³/mol. The topological polar surface area (TPSA) is 76.8 Å². The molecule has 1 aliphatic rings. The van der Waals surface area contributed by atoms with E-state index >= 15 is 0 Å². The molecule has 1 atom stereocenters. The van der Waals surface area contributed by atoms with E-state index in [0.29, 0.717) is 31.1 Å². The van der Waals surface area contributed by atoms with Crippen LogP contribution in [-0.4, -0.2) is 48.3 Å². The normalized spacial score (nSPS) is 16.6. The lowest BCUT2D eigenvalue weighted by molar-refractivity contribution is -0.0292. The van der Waals surface area contributed by atoms with Crippen LogP contribution in [0.3, 0.4) is 0 Å². The van der Waals surface area contributed by atoms with E-state index in [9.17, 15) is 4.79 Å². The van der Waals surface area contributed by atoms with Crippen LogP contribution >= 0.6 is 0 Å². The summed E-state index contributed by atoms with van der Waals surface area (Å²) in [6.45, 7) is 7.87. The summed E-state index contributed by atoms with van der Waals surface area (Å²) in [6.07, 6.45) is -0.0194. The molecule has 2 aromatic carbocycles. The first kappa shape index (κ1) is 22.0. The second-order valence-corrected chi connectivity index (χ2v) is 8.04.